The first-order valence-electron chi connectivity index (χ1n) is 6.10. The zero-order valence-electron chi connectivity index (χ0n) is 10.6. The number of β-amino-alcohol motifs (C(OH)–C–C–N with tert-alkyl or cyclic N) is 1. The normalized spacial score (nSPS) is 17.6. The summed E-state index contributed by atoms with van der Waals surface area (Å²) in [6.45, 7) is 4.23. The van der Waals surface area contributed by atoms with Gasteiger partial charge in [0.2, 0.25) is 0 Å². The van der Waals surface area contributed by atoms with Gasteiger partial charge in [-0.3, -0.25) is 4.90 Å². The summed E-state index contributed by atoms with van der Waals surface area (Å²) in [4.78, 5) is 2.19. The van der Waals surface area contributed by atoms with Gasteiger partial charge in [-0.2, -0.15) is 0 Å². The van der Waals surface area contributed by atoms with E-state index in [9.17, 15) is 5.11 Å². The largest absolute Gasteiger partial charge is 1.00 e. The minimum atomic E-state index is -0.466. The maximum atomic E-state index is 9.90. The van der Waals surface area contributed by atoms with Gasteiger partial charge in [0.25, 0.3) is 0 Å². The van der Waals surface area contributed by atoms with E-state index >= 15 is 0 Å². The summed E-state index contributed by atoms with van der Waals surface area (Å²) in [6, 6.07) is 7.60. The second-order valence-electron chi connectivity index (χ2n) is 4.33. The molecule has 0 saturated carbocycles. The van der Waals surface area contributed by atoms with Crippen molar-refractivity contribution in [1.29, 1.82) is 0 Å². The zero-order chi connectivity index (χ0) is 12.8. The molecule has 1 aromatic rings. The van der Waals surface area contributed by atoms with Crippen LogP contribution in [-0.4, -0.2) is 55.6 Å². The summed E-state index contributed by atoms with van der Waals surface area (Å²) < 4.78 is 11.8. The SMILES string of the molecule is OC(COc1ccc(Br)cc1)CN1CCOCC1.[Cl-]. The highest BCUT2D eigenvalue weighted by Crippen LogP contribution is 2.16. The molecule has 2 rings (SSSR count). The molecule has 0 aromatic heterocycles. The van der Waals surface area contributed by atoms with Gasteiger partial charge in [-0.25, -0.2) is 0 Å². The van der Waals surface area contributed by atoms with E-state index in [4.69, 9.17) is 9.47 Å². The molecule has 6 heteroatoms. The number of hydrogen-bond donors (Lipinski definition) is 1. The lowest BCUT2D eigenvalue weighted by atomic mass is 10.3. The average Bonchev–Trinajstić information content (AvgIpc) is 2.39. The van der Waals surface area contributed by atoms with Crippen LogP contribution in [0.4, 0.5) is 0 Å². The molecule has 1 aliphatic heterocycles. The van der Waals surface area contributed by atoms with Crippen molar-refractivity contribution in [2.45, 2.75) is 6.10 Å². The standard InChI is InChI=1S/C13H18BrNO3.ClH/c14-11-1-3-13(4-2-11)18-10-12(16)9-15-5-7-17-8-6-15;/h1-4,12,16H,5-10H2;1H/p-1. The van der Waals surface area contributed by atoms with Crippen LogP contribution >= 0.6 is 15.9 Å². The monoisotopic (exact) mass is 350 g/mol. The highest BCUT2D eigenvalue weighted by atomic mass is 79.9. The second-order valence-corrected chi connectivity index (χ2v) is 5.25. The van der Waals surface area contributed by atoms with Gasteiger partial charge in [-0.15, -0.1) is 0 Å². The predicted octanol–water partition coefficient (Wildman–Crippen LogP) is -1.47. The summed E-state index contributed by atoms with van der Waals surface area (Å²) in [5, 5.41) is 9.90. The smallest absolute Gasteiger partial charge is 0.119 e. The minimum absolute atomic E-state index is 0. The maximum absolute atomic E-state index is 9.90. The molecule has 1 fully saturated rings. The quantitative estimate of drug-likeness (QED) is 0.703. The third-order valence-electron chi connectivity index (χ3n) is 2.83. The molecule has 1 saturated heterocycles. The first-order valence-corrected chi connectivity index (χ1v) is 6.90. The van der Waals surface area contributed by atoms with Crippen molar-refractivity contribution in [3.63, 3.8) is 0 Å². The van der Waals surface area contributed by atoms with E-state index in [0.717, 1.165) is 36.5 Å². The van der Waals surface area contributed by atoms with Gasteiger partial charge < -0.3 is 27.0 Å². The lowest BCUT2D eigenvalue weighted by Gasteiger charge is -2.28. The Morgan fingerprint density at radius 2 is 1.89 bits per heavy atom. The van der Waals surface area contributed by atoms with Crippen LogP contribution in [0.25, 0.3) is 0 Å². The Balaban J connectivity index is 0.00000180. The van der Waals surface area contributed by atoms with E-state index in [1.807, 2.05) is 24.3 Å². The van der Waals surface area contributed by atoms with E-state index in [2.05, 4.69) is 20.8 Å². The number of benzene rings is 1. The number of rotatable bonds is 5. The van der Waals surface area contributed by atoms with E-state index in [-0.39, 0.29) is 12.4 Å². The molecule has 1 unspecified atom stereocenters. The first-order chi connectivity index (χ1) is 8.74. The fourth-order valence-electron chi connectivity index (χ4n) is 1.86. The van der Waals surface area contributed by atoms with Gasteiger partial charge >= 0.3 is 0 Å². The van der Waals surface area contributed by atoms with Crippen molar-refractivity contribution in [2.75, 3.05) is 39.5 Å². The number of ether oxygens (including phenoxy) is 2. The molecule has 0 radical (unpaired) electrons. The lowest BCUT2D eigenvalue weighted by molar-refractivity contribution is -0.0000330. The van der Waals surface area contributed by atoms with E-state index < -0.39 is 6.10 Å². The molecule has 1 atom stereocenters. The summed E-state index contributed by atoms with van der Waals surface area (Å²) >= 11 is 3.37. The Kier molecular flexibility index (Phi) is 7.71. The van der Waals surface area contributed by atoms with E-state index in [0.29, 0.717) is 13.2 Å². The van der Waals surface area contributed by atoms with Crippen LogP contribution in [0, 0.1) is 0 Å². The molecule has 1 aromatic carbocycles. The van der Waals surface area contributed by atoms with Gasteiger partial charge in [-0.1, -0.05) is 15.9 Å². The van der Waals surface area contributed by atoms with Crippen molar-refractivity contribution in [3.8, 4) is 5.75 Å². The Morgan fingerprint density at radius 1 is 1.26 bits per heavy atom. The fraction of sp³-hybridized carbons (Fsp3) is 0.538. The molecule has 4 nitrogen and oxygen atoms in total. The van der Waals surface area contributed by atoms with Crippen LogP contribution in [0.3, 0.4) is 0 Å². The second kappa shape index (κ2) is 8.76. The predicted molar refractivity (Wildman–Crippen MR) is 72.9 cm³/mol. The first kappa shape index (κ1) is 16.7. The highest BCUT2D eigenvalue weighted by molar-refractivity contribution is 9.10. The molecule has 0 amide bonds. The lowest BCUT2D eigenvalue weighted by Crippen LogP contribution is -3.00. The van der Waals surface area contributed by atoms with Crippen molar-refractivity contribution < 1.29 is 27.0 Å². The minimum Gasteiger partial charge on any atom is -1.00 e. The Labute approximate surface area is 128 Å². The van der Waals surface area contributed by atoms with Gasteiger partial charge in [0.05, 0.1) is 13.2 Å². The molecule has 1 heterocycles. The Bertz CT molecular complexity index is 357. The van der Waals surface area contributed by atoms with E-state index in [1.54, 1.807) is 0 Å². The topological polar surface area (TPSA) is 41.9 Å². The molecule has 108 valence electrons. The molecule has 0 bridgehead atoms. The van der Waals surface area contributed by atoms with Crippen LogP contribution in [0.1, 0.15) is 0 Å². The number of aliphatic hydroxyl groups excluding tert-OH is 1. The summed E-state index contributed by atoms with van der Waals surface area (Å²) in [7, 11) is 0. The van der Waals surface area contributed by atoms with E-state index in [1.165, 1.54) is 0 Å². The third-order valence-corrected chi connectivity index (χ3v) is 3.36. The molecule has 0 aliphatic carbocycles. The third kappa shape index (κ3) is 6.10. The molecule has 1 N–H and O–H groups in total. The molecule has 0 spiro atoms. The molecular formula is C13H18BrClNO3-. The number of hydrogen-bond acceptors (Lipinski definition) is 4. The van der Waals surface area contributed by atoms with Crippen molar-refractivity contribution in [1.82, 2.24) is 4.90 Å². The number of aliphatic hydroxyl groups is 1. The van der Waals surface area contributed by atoms with Gasteiger partial charge in [-0.05, 0) is 24.3 Å². The molecule has 19 heavy (non-hydrogen) atoms. The number of nitrogens with zero attached hydrogens (tertiary/aromatic N) is 1. The average molecular weight is 352 g/mol. The molecule has 1 aliphatic rings. The van der Waals surface area contributed by atoms with Crippen molar-refractivity contribution in [3.05, 3.63) is 28.7 Å². The highest BCUT2D eigenvalue weighted by Gasteiger charge is 2.15. The van der Waals surface area contributed by atoms with Gasteiger partial charge in [0, 0.05) is 24.1 Å². The van der Waals surface area contributed by atoms with Crippen LogP contribution in [0.2, 0.25) is 0 Å². The van der Waals surface area contributed by atoms with Crippen LogP contribution in [-0.2, 0) is 4.74 Å². The Hall–Kier alpha value is -0.330. The summed E-state index contributed by atoms with van der Waals surface area (Å²) in [5.41, 5.74) is 0. The fourth-order valence-corrected chi connectivity index (χ4v) is 2.12. The van der Waals surface area contributed by atoms with Gasteiger partial charge in [0.15, 0.2) is 0 Å². The maximum Gasteiger partial charge on any atom is 0.119 e. The number of morpholine rings is 1. The Morgan fingerprint density at radius 3 is 2.53 bits per heavy atom. The van der Waals surface area contributed by atoms with Crippen LogP contribution in [0.15, 0.2) is 28.7 Å². The van der Waals surface area contributed by atoms with Crippen LogP contribution in [0.5, 0.6) is 5.75 Å². The van der Waals surface area contributed by atoms with Crippen molar-refractivity contribution in [2.24, 2.45) is 0 Å². The molecular weight excluding hydrogens is 334 g/mol. The van der Waals surface area contributed by atoms with Gasteiger partial charge in [0.1, 0.15) is 18.5 Å². The zero-order valence-corrected chi connectivity index (χ0v) is 12.9. The summed E-state index contributed by atoms with van der Waals surface area (Å²) in [6.07, 6.45) is -0.466. The van der Waals surface area contributed by atoms with Crippen LogP contribution < -0.4 is 17.1 Å². The summed E-state index contributed by atoms with van der Waals surface area (Å²) in [5.74, 6) is 0.777. The van der Waals surface area contributed by atoms with Crippen molar-refractivity contribution >= 4 is 15.9 Å². The number of halogens is 2.